The largest absolute Gasteiger partial charge is 0.354 e. The normalized spacial score (nSPS) is 20.5. The van der Waals surface area contributed by atoms with Gasteiger partial charge < -0.3 is 10.2 Å². The molecule has 5 nitrogen and oxygen atoms in total. The summed E-state index contributed by atoms with van der Waals surface area (Å²) < 4.78 is 0. The number of halogens is 1. The van der Waals surface area contributed by atoms with Gasteiger partial charge in [-0.2, -0.15) is 0 Å². The number of aromatic nitrogens is 2. The fourth-order valence-corrected chi connectivity index (χ4v) is 2.29. The van der Waals surface area contributed by atoms with Crippen molar-refractivity contribution < 1.29 is 4.79 Å². The van der Waals surface area contributed by atoms with Gasteiger partial charge in [-0.05, 0) is 19.3 Å². The van der Waals surface area contributed by atoms with Crippen LogP contribution in [0.4, 0.5) is 5.82 Å². The van der Waals surface area contributed by atoms with Gasteiger partial charge in [-0.1, -0.05) is 11.6 Å². The summed E-state index contributed by atoms with van der Waals surface area (Å²) in [6.07, 6.45) is 3.20. The fraction of sp³-hybridized carbons (Fsp3) is 0.583. The van der Waals surface area contributed by atoms with Crippen LogP contribution in [0.5, 0.6) is 0 Å². The molecule has 2 heterocycles. The molecular weight excluding hydrogens is 252 g/mol. The van der Waals surface area contributed by atoms with E-state index >= 15 is 0 Å². The van der Waals surface area contributed by atoms with Crippen molar-refractivity contribution in [3.05, 3.63) is 17.0 Å². The Morgan fingerprint density at radius 2 is 2.22 bits per heavy atom. The van der Waals surface area contributed by atoms with Crippen LogP contribution in [-0.4, -0.2) is 35.5 Å². The van der Waals surface area contributed by atoms with Gasteiger partial charge in [-0.3, -0.25) is 4.79 Å². The number of nitrogens with zero attached hydrogens (tertiary/aromatic N) is 3. The van der Waals surface area contributed by atoms with E-state index in [0.717, 1.165) is 44.0 Å². The highest BCUT2D eigenvalue weighted by Gasteiger charge is 2.28. The molecule has 0 atom stereocenters. The summed E-state index contributed by atoms with van der Waals surface area (Å²) in [5.41, 5.74) is 0. The number of hydrogen-bond donors (Lipinski definition) is 1. The number of hydrogen-bond acceptors (Lipinski definition) is 4. The van der Waals surface area contributed by atoms with Gasteiger partial charge in [0.2, 0.25) is 5.91 Å². The van der Waals surface area contributed by atoms with Crippen LogP contribution in [0.3, 0.4) is 0 Å². The van der Waals surface area contributed by atoms with Gasteiger partial charge in [0.05, 0.1) is 6.54 Å². The number of amides is 1. The first-order valence-corrected chi connectivity index (χ1v) is 6.66. The standard InChI is InChI=1S/C12H15ClN4O/c13-9-6-10(16-12(15-9)8-2-3-8)17-5-1-4-14-11(18)7-17/h6,8H,1-5,7H2,(H,14,18). The molecule has 96 valence electrons. The van der Waals surface area contributed by atoms with Crippen LogP contribution in [0.1, 0.15) is 31.0 Å². The molecule has 2 aliphatic rings. The first-order valence-electron chi connectivity index (χ1n) is 6.28. The molecule has 0 radical (unpaired) electrons. The maximum atomic E-state index is 11.6. The molecule has 1 aromatic rings. The van der Waals surface area contributed by atoms with E-state index < -0.39 is 0 Å². The smallest absolute Gasteiger partial charge is 0.239 e. The summed E-state index contributed by atoms with van der Waals surface area (Å²) in [4.78, 5) is 22.3. The number of rotatable bonds is 2. The Morgan fingerprint density at radius 3 is 3.00 bits per heavy atom. The molecule has 1 amide bonds. The molecule has 2 fully saturated rings. The maximum absolute atomic E-state index is 11.6. The predicted molar refractivity (Wildman–Crippen MR) is 68.9 cm³/mol. The number of anilines is 1. The van der Waals surface area contributed by atoms with Gasteiger partial charge in [-0.25, -0.2) is 9.97 Å². The molecule has 0 unspecified atom stereocenters. The van der Waals surface area contributed by atoms with Crippen molar-refractivity contribution >= 4 is 23.3 Å². The van der Waals surface area contributed by atoms with E-state index in [2.05, 4.69) is 15.3 Å². The topological polar surface area (TPSA) is 58.1 Å². The summed E-state index contributed by atoms with van der Waals surface area (Å²) in [7, 11) is 0. The lowest BCUT2D eigenvalue weighted by Crippen LogP contribution is -2.33. The Morgan fingerprint density at radius 1 is 1.39 bits per heavy atom. The van der Waals surface area contributed by atoms with E-state index in [1.807, 2.05) is 4.90 Å². The molecular formula is C12H15ClN4O. The van der Waals surface area contributed by atoms with Crippen LogP contribution in [-0.2, 0) is 4.79 Å². The van der Waals surface area contributed by atoms with Gasteiger partial charge in [0.25, 0.3) is 0 Å². The Bertz CT molecular complexity index is 475. The molecule has 0 aromatic carbocycles. The zero-order valence-electron chi connectivity index (χ0n) is 10.0. The molecule has 1 N–H and O–H groups in total. The highest BCUT2D eigenvalue weighted by Crippen LogP contribution is 2.39. The predicted octanol–water partition coefficient (Wildman–Crippen LogP) is 1.33. The summed E-state index contributed by atoms with van der Waals surface area (Å²) in [5, 5.41) is 3.32. The van der Waals surface area contributed by atoms with E-state index in [0.29, 0.717) is 17.6 Å². The number of nitrogens with one attached hydrogen (secondary N) is 1. The van der Waals surface area contributed by atoms with Gasteiger partial charge >= 0.3 is 0 Å². The average molecular weight is 267 g/mol. The van der Waals surface area contributed by atoms with Crippen molar-refractivity contribution in [3.63, 3.8) is 0 Å². The van der Waals surface area contributed by atoms with E-state index in [9.17, 15) is 4.79 Å². The average Bonchev–Trinajstić information content (AvgIpc) is 3.14. The van der Waals surface area contributed by atoms with Crippen LogP contribution in [0.15, 0.2) is 6.07 Å². The van der Waals surface area contributed by atoms with Crippen molar-refractivity contribution in [2.24, 2.45) is 0 Å². The monoisotopic (exact) mass is 266 g/mol. The molecule has 1 aliphatic heterocycles. The fourth-order valence-electron chi connectivity index (χ4n) is 2.11. The summed E-state index contributed by atoms with van der Waals surface area (Å²) in [5.74, 6) is 2.09. The molecule has 6 heteroatoms. The second-order valence-electron chi connectivity index (χ2n) is 4.81. The van der Waals surface area contributed by atoms with Crippen LogP contribution < -0.4 is 10.2 Å². The minimum absolute atomic E-state index is 0.0372. The molecule has 1 saturated carbocycles. The van der Waals surface area contributed by atoms with Crippen LogP contribution in [0.2, 0.25) is 5.15 Å². The lowest BCUT2D eigenvalue weighted by molar-refractivity contribution is -0.119. The van der Waals surface area contributed by atoms with Crippen molar-refractivity contribution in [2.45, 2.75) is 25.2 Å². The third-order valence-corrected chi connectivity index (χ3v) is 3.42. The third kappa shape index (κ3) is 2.56. The van der Waals surface area contributed by atoms with Crippen molar-refractivity contribution in [2.75, 3.05) is 24.5 Å². The molecule has 18 heavy (non-hydrogen) atoms. The Balaban J connectivity index is 1.87. The van der Waals surface area contributed by atoms with Crippen LogP contribution >= 0.6 is 11.6 Å². The Hall–Kier alpha value is -1.36. The third-order valence-electron chi connectivity index (χ3n) is 3.23. The van der Waals surface area contributed by atoms with Crippen molar-refractivity contribution in [1.82, 2.24) is 15.3 Å². The van der Waals surface area contributed by atoms with Crippen LogP contribution in [0, 0.1) is 0 Å². The minimum Gasteiger partial charge on any atom is -0.354 e. The number of carbonyl (C=O) groups excluding carboxylic acids is 1. The first kappa shape index (κ1) is 11.7. The minimum atomic E-state index is 0.0372. The second-order valence-corrected chi connectivity index (χ2v) is 5.19. The summed E-state index contributed by atoms with van der Waals surface area (Å²) in [6, 6.07) is 1.74. The van der Waals surface area contributed by atoms with Gasteiger partial charge in [-0.15, -0.1) is 0 Å². The van der Waals surface area contributed by atoms with Crippen LogP contribution in [0.25, 0.3) is 0 Å². The van der Waals surface area contributed by atoms with E-state index in [1.54, 1.807) is 6.07 Å². The van der Waals surface area contributed by atoms with E-state index in [-0.39, 0.29) is 5.91 Å². The van der Waals surface area contributed by atoms with E-state index in [4.69, 9.17) is 11.6 Å². The Kier molecular flexibility index (Phi) is 3.07. The SMILES string of the molecule is O=C1CN(c2cc(Cl)nc(C3CC3)n2)CCCN1. The van der Waals surface area contributed by atoms with Gasteiger partial charge in [0.1, 0.15) is 16.8 Å². The molecule has 0 spiro atoms. The quantitative estimate of drug-likeness (QED) is 0.821. The Labute approximate surface area is 111 Å². The molecule has 1 saturated heterocycles. The van der Waals surface area contributed by atoms with Gasteiger partial charge in [0, 0.05) is 25.1 Å². The molecule has 1 aliphatic carbocycles. The molecule has 3 rings (SSSR count). The zero-order valence-corrected chi connectivity index (χ0v) is 10.8. The van der Waals surface area contributed by atoms with Crippen molar-refractivity contribution in [3.8, 4) is 0 Å². The molecule has 0 bridgehead atoms. The van der Waals surface area contributed by atoms with Crippen molar-refractivity contribution in [1.29, 1.82) is 0 Å². The zero-order chi connectivity index (χ0) is 12.5. The summed E-state index contributed by atoms with van der Waals surface area (Å²) >= 11 is 6.04. The summed E-state index contributed by atoms with van der Waals surface area (Å²) in [6.45, 7) is 1.89. The van der Waals surface area contributed by atoms with Gasteiger partial charge in [0.15, 0.2) is 0 Å². The maximum Gasteiger partial charge on any atom is 0.239 e. The van der Waals surface area contributed by atoms with E-state index in [1.165, 1.54) is 0 Å². The lowest BCUT2D eigenvalue weighted by Gasteiger charge is -2.20. The first-order chi connectivity index (χ1) is 8.72. The lowest BCUT2D eigenvalue weighted by atomic mass is 10.3. The highest BCUT2D eigenvalue weighted by molar-refractivity contribution is 6.29. The number of carbonyl (C=O) groups is 1. The molecule has 1 aromatic heterocycles. The highest BCUT2D eigenvalue weighted by atomic mass is 35.5. The second kappa shape index (κ2) is 4.72.